The van der Waals surface area contributed by atoms with Crippen molar-refractivity contribution < 1.29 is 18.0 Å². The van der Waals surface area contributed by atoms with Crippen LogP contribution in [0.1, 0.15) is 27.2 Å². The van der Waals surface area contributed by atoms with Crippen molar-refractivity contribution in [3.8, 4) is 0 Å². The molecule has 15 heavy (non-hydrogen) atoms. The molecular weight excluding hydrogens is 209 g/mol. The van der Waals surface area contributed by atoms with Gasteiger partial charge in [-0.05, 0) is 12.8 Å². The van der Waals surface area contributed by atoms with Gasteiger partial charge in [-0.15, -0.1) is 0 Å². The number of nitrogens with two attached hydrogens (primary N) is 1. The number of amides is 1. The summed E-state index contributed by atoms with van der Waals surface area (Å²) in [5, 5.41) is 2.20. The van der Waals surface area contributed by atoms with Crippen LogP contribution in [0, 0.1) is 5.92 Å². The van der Waals surface area contributed by atoms with Crippen molar-refractivity contribution >= 4 is 5.91 Å². The molecule has 3 N–H and O–H groups in total. The van der Waals surface area contributed by atoms with Crippen LogP contribution in [0.5, 0.6) is 0 Å². The van der Waals surface area contributed by atoms with Crippen LogP contribution in [0.25, 0.3) is 0 Å². The molecule has 0 aliphatic carbocycles. The van der Waals surface area contributed by atoms with E-state index >= 15 is 0 Å². The predicted molar refractivity (Wildman–Crippen MR) is 51.1 cm³/mol. The molecule has 0 spiro atoms. The maximum Gasteiger partial charge on any atom is 0.415 e. The summed E-state index contributed by atoms with van der Waals surface area (Å²) in [6.45, 7) is 4.60. The summed E-state index contributed by atoms with van der Waals surface area (Å²) in [7, 11) is 0. The SMILES string of the molecule is CCC(C)CNC(=O)C(C)(N)C(F)(F)F. The molecule has 0 aliphatic heterocycles. The normalized spacial score (nSPS) is 18.1. The number of carbonyl (C=O) groups is 1. The second-order valence-corrected chi connectivity index (χ2v) is 3.92. The topological polar surface area (TPSA) is 55.1 Å². The summed E-state index contributed by atoms with van der Waals surface area (Å²) in [5.74, 6) is -1.05. The first kappa shape index (κ1) is 14.2. The number of carbonyl (C=O) groups excluding carboxylic acids is 1. The van der Waals surface area contributed by atoms with Gasteiger partial charge in [-0.2, -0.15) is 13.2 Å². The Morgan fingerprint density at radius 1 is 1.47 bits per heavy atom. The zero-order chi connectivity index (χ0) is 12.3. The highest BCUT2D eigenvalue weighted by atomic mass is 19.4. The third-order valence-electron chi connectivity index (χ3n) is 2.37. The molecule has 0 saturated heterocycles. The van der Waals surface area contributed by atoms with E-state index in [-0.39, 0.29) is 12.5 Å². The third-order valence-corrected chi connectivity index (χ3v) is 2.37. The third kappa shape index (κ3) is 3.70. The fraction of sp³-hybridized carbons (Fsp3) is 0.889. The average Bonchev–Trinajstić information content (AvgIpc) is 2.11. The van der Waals surface area contributed by atoms with E-state index in [2.05, 4.69) is 5.32 Å². The summed E-state index contributed by atoms with van der Waals surface area (Å²) in [5.41, 5.74) is 2.11. The van der Waals surface area contributed by atoms with Gasteiger partial charge in [0.15, 0.2) is 5.54 Å². The Morgan fingerprint density at radius 3 is 2.27 bits per heavy atom. The van der Waals surface area contributed by atoms with Crippen molar-refractivity contribution in [1.29, 1.82) is 0 Å². The molecule has 0 radical (unpaired) electrons. The number of halogens is 3. The molecule has 1 amide bonds. The van der Waals surface area contributed by atoms with Crippen LogP contribution in [0.15, 0.2) is 0 Å². The molecule has 6 heteroatoms. The standard InChI is InChI=1S/C9H17F3N2O/c1-4-6(2)5-14-7(15)8(3,13)9(10,11)12/h6H,4-5,13H2,1-3H3,(H,14,15). The maximum atomic E-state index is 12.3. The molecule has 0 aromatic carbocycles. The molecule has 0 aliphatic rings. The highest BCUT2D eigenvalue weighted by Gasteiger charge is 2.53. The van der Waals surface area contributed by atoms with E-state index < -0.39 is 17.6 Å². The van der Waals surface area contributed by atoms with Gasteiger partial charge in [0, 0.05) is 6.54 Å². The monoisotopic (exact) mass is 226 g/mol. The first-order valence-corrected chi connectivity index (χ1v) is 4.76. The molecule has 0 heterocycles. The van der Waals surface area contributed by atoms with Gasteiger partial charge >= 0.3 is 6.18 Å². The number of rotatable bonds is 4. The van der Waals surface area contributed by atoms with Gasteiger partial charge in [-0.25, -0.2) is 0 Å². The fourth-order valence-corrected chi connectivity index (χ4v) is 0.724. The molecule has 2 atom stereocenters. The molecule has 0 fully saturated rings. The van der Waals surface area contributed by atoms with E-state index in [9.17, 15) is 18.0 Å². The van der Waals surface area contributed by atoms with Crippen molar-refractivity contribution in [3.63, 3.8) is 0 Å². The zero-order valence-electron chi connectivity index (χ0n) is 9.11. The van der Waals surface area contributed by atoms with Gasteiger partial charge < -0.3 is 11.1 Å². The molecule has 3 nitrogen and oxygen atoms in total. The van der Waals surface area contributed by atoms with Gasteiger partial charge in [0.25, 0.3) is 0 Å². The van der Waals surface area contributed by atoms with Gasteiger partial charge in [0.05, 0.1) is 0 Å². The van der Waals surface area contributed by atoms with E-state index in [1.807, 2.05) is 13.8 Å². The Bertz CT molecular complexity index is 226. The van der Waals surface area contributed by atoms with Gasteiger partial charge in [0.1, 0.15) is 0 Å². The van der Waals surface area contributed by atoms with Crippen LogP contribution in [0.4, 0.5) is 13.2 Å². The van der Waals surface area contributed by atoms with Crippen molar-refractivity contribution in [2.24, 2.45) is 11.7 Å². The van der Waals surface area contributed by atoms with Crippen molar-refractivity contribution in [3.05, 3.63) is 0 Å². The Kier molecular flexibility index (Phi) is 4.58. The highest BCUT2D eigenvalue weighted by Crippen LogP contribution is 2.27. The Morgan fingerprint density at radius 2 is 1.93 bits per heavy atom. The van der Waals surface area contributed by atoms with Gasteiger partial charge in [0.2, 0.25) is 5.91 Å². The van der Waals surface area contributed by atoms with Crippen molar-refractivity contribution in [2.45, 2.75) is 38.9 Å². The van der Waals surface area contributed by atoms with Crippen LogP contribution >= 0.6 is 0 Å². The van der Waals surface area contributed by atoms with Crippen molar-refractivity contribution in [2.75, 3.05) is 6.54 Å². The maximum absolute atomic E-state index is 12.3. The second-order valence-electron chi connectivity index (χ2n) is 3.92. The first-order chi connectivity index (χ1) is 6.63. The summed E-state index contributed by atoms with van der Waals surface area (Å²) in [6, 6.07) is 0. The lowest BCUT2D eigenvalue weighted by Crippen LogP contribution is -2.61. The lowest BCUT2D eigenvalue weighted by Gasteiger charge is -2.26. The smallest absolute Gasteiger partial charge is 0.354 e. The lowest BCUT2D eigenvalue weighted by atomic mass is 10.0. The van der Waals surface area contributed by atoms with Gasteiger partial charge in [-0.3, -0.25) is 4.79 Å². The van der Waals surface area contributed by atoms with Crippen LogP contribution in [-0.4, -0.2) is 24.2 Å². The number of hydrogen-bond acceptors (Lipinski definition) is 2. The summed E-state index contributed by atoms with van der Waals surface area (Å²) in [6.07, 6.45) is -3.94. The quantitative estimate of drug-likeness (QED) is 0.761. The first-order valence-electron chi connectivity index (χ1n) is 4.76. The lowest BCUT2D eigenvalue weighted by molar-refractivity contribution is -0.187. The van der Waals surface area contributed by atoms with E-state index in [1.54, 1.807) is 0 Å². The van der Waals surface area contributed by atoms with Crippen molar-refractivity contribution in [1.82, 2.24) is 5.32 Å². The zero-order valence-corrected chi connectivity index (χ0v) is 9.11. The second kappa shape index (κ2) is 4.83. The largest absolute Gasteiger partial charge is 0.415 e. The molecule has 90 valence electrons. The minimum absolute atomic E-state index is 0.137. The van der Waals surface area contributed by atoms with Crippen LogP contribution in [0.2, 0.25) is 0 Å². The summed E-state index contributed by atoms with van der Waals surface area (Å²) >= 11 is 0. The minimum Gasteiger partial charge on any atom is -0.354 e. The van der Waals surface area contributed by atoms with Crippen LogP contribution < -0.4 is 11.1 Å². The highest BCUT2D eigenvalue weighted by molar-refractivity contribution is 5.86. The van der Waals surface area contributed by atoms with E-state index in [0.29, 0.717) is 6.92 Å². The number of nitrogens with one attached hydrogen (secondary N) is 1. The Hall–Kier alpha value is -0.780. The van der Waals surface area contributed by atoms with Gasteiger partial charge in [-0.1, -0.05) is 20.3 Å². The Balaban J connectivity index is 4.33. The molecule has 0 bridgehead atoms. The van der Waals surface area contributed by atoms with Crippen LogP contribution in [-0.2, 0) is 4.79 Å². The number of alkyl halides is 3. The van der Waals surface area contributed by atoms with E-state index in [4.69, 9.17) is 5.73 Å². The molecule has 0 aromatic heterocycles. The summed E-state index contributed by atoms with van der Waals surface area (Å²) < 4.78 is 36.9. The fourth-order valence-electron chi connectivity index (χ4n) is 0.724. The molecule has 2 unspecified atom stereocenters. The minimum atomic E-state index is -4.73. The Labute approximate surface area is 87.2 Å². The molecule has 0 rings (SSSR count). The molecule has 0 saturated carbocycles. The van der Waals surface area contributed by atoms with Crippen LogP contribution in [0.3, 0.4) is 0 Å². The summed E-state index contributed by atoms with van der Waals surface area (Å²) in [4.78, 5) is 11.2. The average molecular weight is 226 g/mol. The van der Waals surface area contributed by atoms with E-state index in [1.165, 1.54) is 0 Å². The molecular formula is C9H17F3N2O. The predicted octanol–water partition coefficient (Wildman–Crippen LogP) is 1.43. The number of hydrogen-bond donors (Lipinski definition) is 2. The van der Waals surface area contributed by atoms with E-state index in [0.717, 1.165) is 6.42 Å². The molecule has 0 aromatic rings.